The van der Waals surface area contributed by atoms with Gasteiger partial charge in [-0.05, 0) is 13.8 Å². The summed E-state index contributed by atoms with van der Waals surface area (Å²) in [7, 11) is 0. The number of ether oxygens (including phenoxy) is 1. The van der Waals surface area contributed by atoms with Crippen molar-refractivity contribution in [3.63, 3.8) is 0 Å². The van der Waals surface area contributed by atoms with Crippen LogP contribution in [0, 0.1) is 0 Å². The molecule has 0 saturated carbocycles. The number of nitrogens with one attached hydrogen (secondary N) is 1. The lowest BCUT2D eigenvalue weighted by Crippen LogP contribution is -2.35. The Morgan fingerprint density at radius 1 is 1.17 bits per heavy atom. The normalized spacial score (nSPS) is 10.4. The van der Waals surface area contributed by atoms with Gasteiger partial charge in [0.05, 0.1) is 6.61 Å². The Kier molecular flexibility index (Phi) is 10.1. The fraction of sp³-hybridized carbons (Fsp3) is 0.750. The average molecular weight is 258 g/mol. The predicted molar refractivity (Wildman–Crippen MR) is 67.3 cm³/mol. The summed E-state index contributed by atoms with van der Waals surface area (Å²) in [5, 5.41) is 2.57. The van der Waals surface area contributed by atoms with Gasteiger partial charge in [0, 0.05) is 32.6 Å². The standard InChI is InChI=1S/C12H22N2O4/c1-11(16)3-5-14(6-4-13-10-15)7-8-18-9-12(2)17/h10H,3-9H2,1-2H3,(H,13,15). The molecule has 0 aliphatic rings. The van der Waals surface area contributed by atoms with Gasteiger partial charge in [-0.1, -0.05) is 0 Å². The van der Waals surface area contributed by atoms with Crippen LogP contribution in [-0.4, -0.2) is 62.3 Å². The first-order valence-corrected chi connectivity index (χ1v) is 6.02. The van der Waals surface area contributed by atoms with E-state index in [-0.39, 0.29) is 18.2 Å². The van der Waals surface area contributed by atoms with E-state index in [4.69, 9.17) is 4.74 Å². The minimum absolute atomic E-state index is 0.00657. The van der Waals surface area contributed by atoms with Crippen LogP contribution >= 0.6 is 0 Å². The van der Waals surface area contributed by atoms with E-state index in [0.29, 0.717) is 45.6 Å². The number of Topliss-reactive ketones (excluding diaryl/α,β-unsaturated/α-hetero) is 2. The maximum atomic E-state index is 10.9. The highest BCUT2D eigenvalue weighted by Gasteiger charge is 2.06. The summed E-state index contributed by atoms with van der Waals surface area (Å²) in [6, 6.07) is 0. The Balaban J connectivity index is 3.83. The molecule has 0 aromatic heterocycles. The third-order valence-corrected chi connectivity index (χ3v) is 2.29. The van der Waals surface area contributed by atoms with Gasteiger partial charge < -0.3 is 10.1 Å². The van der Waals surface area contributed by atoms with E-state index in [9.17, 15) is 14.4 Å². The van der Waals surface area contributed by atoms with Crippen molar-refractivity contribution in [2.75, 3.05) is 39.4 Å². The van der Waals surface area contributed by atoms with Gasteiger partial charge in [0.2, 0.25) is 6.41 Å². The van der Waals surface area contributed by atoms with E-state index in [2.05, 4.69) is 5.32 Å². The number of carbonyl (C=O) groups is 3. The summed E-state index contributed by atoms with van der Waals surface area (Å²) in [6.45, 7) is 6.06. The lowest BCUT2D eigenvalue weighted by molar-refractivity contribution is -0.121. The molecule has 0 atom stereocenters. The van der Waals surface area contributed by atoms with Crippen molar-refractivity contribution in [3.8, 4) is 0 Å². The van der Waals surface area contributed by atoms with E-state index in [1.165, 1.54) is 6.92 Å². The van der Waals surface area contributed by atoms with E-state index in [1.54, 1.807) is 6.92 Å². The van der Waals surface area contributed by atoms with Gasteiger partial charge in [-0.3, -0.25) is 19.3 Å². The van der Waals surface area contributed by atoms with E-state index in [1.807, 2.05) is 4.90 Å². The summed E-state index contributed by atoms with van der Waals surface area (Å²) in [5.41, 5.74) is 0. The number of amides is 1. The lowest BCUT2D eigenvalue weighted by atomic mass is 10.3. The number of ketones is 2. The van der Waals surface area contributed by atoms with Crippen molar-refractivity contribution in [2.24, 2.45) is 0 Å². The maximum Gasteiger partial charge on any atom is 0.207 e. The Hall–Kier alpha value is -1.27. The van der Waals surface area contributed by atoms with Gasteiger partial charge in [0.15, 0.2) is 5.78 Å². The molecule has 6 nitrogen and oxygen atoms in total. The minimum Gasteiger partial charge on any atom is -0.372 e. The molecule has 18 heavy (non-hydrogen) atoms. The van der Waals surface area contributed by atoms with Crippen molar-refractivity contribution < 1.29 is 19.1 Å². The van der Waals surface area contributed by atoms with Crippen molar-refractivity contribution in [3.05, 3.63) is 0 Å². The fourth-order valence-corrected chi connectivity index (χ4v) is 1.34. The highest BCUT2D eigenvalue weighted by molar-refractivity contribution is 5.76. The summed E-state index contributed by atoms with van der Waals surface area (Å²) < 4.78 is 5.17. The van der Waals surface area contributed by atoms with Crippen molar-refractivity contribution in [1.29, 1.82) is 0 Å². The predicted octanol–water partition coefficient (Wildman–Crippen LogP) is -0.381. The maximum absolute atomic E-state index is 10.9. The molecule has 0 heterocycles. The fourth-order valence-electron chi connectivity index (χ4n) is 1.34. The van der Waals surface area contributed by atoms with Gasteiger partial charge in [0.25, 0.3) is 0 Å². The zero-order valence-electron chi connectivity index (χ0n) is 11.1. The summed E-state index contributed by atoms with van der Waals surface area (Å²) in [4.78, 5) is 33.8. The van der Waals surface area contributed by atoms with Crippen LogP contribution in [0.15, 0.2) is 0 Å². The van der Waals surface area contributed by atoms with Gasteiger partial charge in [-0.15, -0.1) is 0 Å². The number of hydrogen-bond acceptors (Lipinski definition) is 5. The first-order valence-electron chi connectivity index (χ1n) is 6.02. The second-order valence-electron chi connectivity index (χ2n) is 4.12. The third-order valence-electron chi connectivity index (χ3n) is 2.29. The summed E-state index contributed by atoms with van der Waals surface area (Å²) >= 11 is 0. The highest BCUT2D eigenvalue weighted by atomic mass is 16.5. The second-order valence-corrected chi connectivity index (χ2v) is 4.12. The molecule has 104 valence electrons. The van der Waals surface area contributed by atoms with Gasteiger partial charge in [-0.25, -0.2) is 0 Å². The van der Waals surface area contributed by atoms with Crippen LogP contribution in [0.3, 0.4) is 0 Å². The molecule has 1 amide bonds. The van der Waals surface area contributed by atoms with E-state index in [0.717, 1.165) is 0 Å². The Morgan fingerprint density at radius 2 is 1.89 bits per heavy atom. The number of hydrogen-bond donors (Lipinski definition) is 1. The van der Waals surface area contributed by atoms with E-state index >= 15 is 0 Å². The topological polar surface area (TPSA) is 75.7 Å². The van der Waals surface area contributed by atoms with Crippen molar-refractivity contribution >= 4 is 18.0 Å². The molecule has 0 aliphatic carbocycles. The van der Waals surface area contributed by atoms with Gasteiger partial charge in [0.1, 0.15) is 12.4 Å². The smallest absolute Gasteiger partial charge is 0.207 e. The third kappa shape index (κ3) is 11.2. The Labute approximate surface area is 108 Å². The molecule has 0 aliphatic heterocycles. The molecule has 0 spiro atoms. The highest BCUT2D eigenvalue weighted by Crippen LogP contribution is 1.93. The van der Waals surface area contributed by atoms with Crippen LogP contribution < -0.4 is 5.32 Å². The van der Waals surface area contributed by atoms with Crippen LogP contribution in [0.2, 0.25) is 0 Å². The summed E-state index contributed by atoms with van der Waals surface area (Å²) in [6.07, 6.45) is 1.13. The summed E-state index contributed by atoms with van der Waals surface area (Å²) in [5.74, 6) is 0.126. The lowest BCUT2D eigenvalue weighted by Gasteiger charge is -2.21. The quantitative estimate of drug-likeness (QED) is 0.381. The van der Waals surface area contributed by atoms with Crippen LogP contribution in [0.25, 0.3) is 0 Å². The molecule has 0 saturated heterocycles. The molecule has 0 aromatic rings. The Bertz CT molecular complexity index is 269. The molecule has 0 rings (SSSR count). The minimum atomic E-state index is -0.00657. The number of rotatable bonds is 12. The first-order chi connectivity index (χ1) is 8.56. The molecule has 0 fully saturated rings. The molecule has 0 bridgehead atoms. The zero-order valence-corrected chi connectivity index (χ0v) is 11.1. The molecular weight excluding hydrogens is 236 g/mol. The average Bonchev–Trinajstić information content (AvgIpc) is 2.30. The van der Waals surface area contributed by atoms with Crippen LogP contribution in [0.4, 0.5) is 0 Å². The van der Waals surface area contributed by atoms with Crippen LogP contribution in [0.1, 0.15) is 20.3 Å². The van der Waals surface area contributed by atoms with Crippen molar-refractivity contribution in [1.82, 2.24) is 10.2 Å². The van der Waals surface area contributed by atoms with E-state index < -0.39 is 0 Å². The zero-order chi connectivity index (χ0) is 13.8. The molecule has 6 heteroatoms. The second kappa shape index (κ2) is 10.9. The van der Waals surface area contributed by atoms with Gasteiger partial charge >= 0.3 is 0 Å². The Morgan fingerprint density at radius 3 is 2.44 bits per heavy atom. The van der Waals surface area contributed by atoms with Crippen LogP contribution in [-0.2, 0) is 19.1 Å². The van der Waals surface area contributed by atoms with Gasteiger partial charge in [-0.2, -0.15) is 0 Å². The molecule has 0 radical (unpaired) electrons. The SMILES string of the molecule is CC(=O)CCN(CCNC=O)CCOCC(C)=O. The molecule has 0 aromatic carbocycles. The van der Waals surface area contributed by atoms with Crippen LogP contribution in [0.5, 0.6) is 0 Å². The monoisotopic (exact) mass is 258 g/mol. The molecule has 1 N–H and O–H groups in total. The van der Waals surface area contributed by atoms with Crippen molar-refractivity contribution in [2.45, 2.75) is 20.3 Å². The largest absolute Gasteiger partial charge is 0.372 e. The first kappa shape index (κ1) is 16.7. The number of carbonyl (C=O) groups excluding carboxylic acids is 3. The molecular formula is C12H22N2O4. The molecule has 0 unspecified atom stereocenters. The number of nitrogens with zero attached hydrogens (tertiary/aromatic N) is 1.